The topological polar surface area (TPSA) is 34.9 Å². The second-order valence-electron chi connectivity index (χ2n) is 4.60. The van der Waals surface area contributed by atoms with E-state index < -0.39 is 0 Å². The summed E-state index contributed by atoms with van der Waals surface area (Å²) in [7, 11) is 0. The summed E-state index contributed by atoms with van der Waals surface area (Å²) in [6, 6.07) is 5.14. The smallest absolute Gasteiger partial charge is 0.169 e. The predicted molar refractivity (Wildman–Crippen MR) is 89.5 cm³/mol. The third-order valence-electron chi connectivity index (χ3n) is 3.25. The Labute approximate surface area is 142 Å². The monoisotopic (exact) mass is 388 g/mol. The van der Waals surface area contributed by atoms with E-state index in [9.17, 15) is 4.79 Å². The van der Waals surface area contributed by atoms with Crippen LogP contribution in [0.15, 0.2) is 22.7 Å². The molecule has 1 aromatic heterocycles. The van der Waals surface area contributed by atoms with Gasteiger partial charge >= 0.3 is 0 Å². The van der Waals surface area contributed by atoms with Crippen LogP contribution in [0, 0.1) is 0 Å². The van der Waals surface area contributed by atoms with Crippen LogP contribution < -0.4 is 0 Å². The van der Waals surface area contributed by atoms with Crippen LogP contribution in [0.5, 0.6) is 0 Å². The number of Topliss-reactive ketones (excluding diaryl/α,β-unsaturated/α-hetero) is 1. The van der Waals surface area contributed by atoms with Crippen LogP contribution in [0.25, 0.3) is 0 Å². The van der Waals surface area contributed by atoms with Gasteiger partial charge in [0.25, 0.3) is 0 Å². The normalized spacial score (nSPS) is 10.9. The van der Waals surface area contributed by atoms with E-state index in [1.165, 1.54) is 0 Å². The molecule has 2 aromatic rings. The molecule has 1 aromatic carbocycles. The van der Waals surface area contributed by atoms with Crippen LogP contribution in [0.4, 0.5) is 0 Å². The standard InChI is InChI=1S/C15H15BrCl2N2O/c1-3-12-15(18)13(20(4-2)19-12)8-14(21)10-6-5-9(17)7-11(10)16/h5-7H,3-4,8H2,1-2H3. The summed E-state index contributed by atoms with van der Waals surface area (Å²) >= 11 is 15.6. The predicted octanol–water partition coefficient (Wildman–Crippen LogP) is 4.96. The lowest BCUT2D eigenvalue weighted by Crippen LogP contribution is -2.10. The molecule has 0 radical (unpaired) electrons. The van der Waals surface area contributed by atoms with Crippen molar-refractivity contribution in [1.82, 2.24) is 9.78 Å². The quantitative estimate of drug-likeness (QED) is 0.677. The SMILES string of the molecule is CCc1nn(CC)c(CC(=O)c2ccc(Cl)cc2Br)c1Cl. The maximum absolute atomic E-state index is 12.5. The Morgan fingerprint density at radius 2 is 2.05 bits per heavy atom. The summed E-state index contributed by atoms with van der Waals surface area (Å²) in [5.41, 5.74) is 2.19. The van der Waals surface area contributed by atoms with Crippen molar-refractivity contribution in [3.8, 4) is 0 Å². The van der Waals surface area contributed by atoms with E-state index in [0.29, 0.717) is 26.6 Å². The Bertz CT molecular complexity index is 683. The number of carbonyl (C=O) groups excluding carboxylic acids is 1. The minimum atomic E-state index is -0.0160. The number of aromatic nitrogens is 2. The van der Waals surface area contributed by atoms with Gasteiger partial charge < -0.3 is 0 Å². The summed E-state index contributed by atoms with van der Waals surface area (Å²) in [5.74, 6) is -0.0160. The number of hydrogen-bond acceptors (Lipinski definition) is 2. The van der Waals surface area contributed by atoms with Crippen molar-refractivity contribution in [2.75, 3.05) is 0 Å². The second kappa shape index (κ2) is 6.95. The lowest BCUT2D eigenvalue weighted by Gasteiger charge is -2.07. The van der Waals surface area contributed by atoms with Gasteiger partial charge in [0.2, 0.25) is 0 Å². The number of benzene rings is 1. The van der Waals surface area contributed by atoms with Crippen molar-refractivity contribution in [2.24, 2.45) is 0 Å². The maximum atomic E-state index is 12.5. The Morgan fingerprint density at radius 1 is 1.33 bits per heavy atom. The number of ketones is 1. The highest BCUT2D eigenvalue weighted by molar-refractivity contribution is 9.10. The van der Waals surface area contributed by atoms with Crippen LogP contribution in [0.3, 0.4) is 0 Å². The first-order chi connectivity index (χ1) is 9.97. The molecule has 0 spiro atoms. The van der Waals surface area contributed by atoms with E-state index in [2.05, 4.69) is 21.0 Å². The van der Waals surface area contributed by atoms with Gasteiger partial charge in [-0.15, -0.1) is 0 Å². The molecule has 0 N–H and O–H groups in total. The van der Waals surface area contributed by atoms with Gasteiger partial charge in [-0.3, -0.25) is 9.48 Å². The Balaban J connectivity index is 2.33. The number of hydrogen-bond donors (Lipinski definition) is 0. The molecule has 1 heterocycles. The minimum Gasteiger partial charge on any atom is -0.294 e. The molecule has 0 unspecified atom stereocenters. The molecule has 0 aliphatic heterocycles. The van der Waals surface area contributed by atoms with E-state index in [-0.39, 0.29) is 12.2 Å². The van der Waals surface area contributed by atoms with Crippen LogP contribution in [-0.2, 0) is 19.4 Å². The number of halogens is 3. The first-order valence-electron chi connectivity index (χ1n) is 6.70. The van der Waals surface area contributed by atoms with Gasteiger partial charge in [-0.05, 0) is 47.5 Å². The van der Waals surface area contributed by atoms with Gasteiger partial charge in [-0.1, -0.05) is 30.1 Å². The molecule has 0 bridgehead atoms. The van der Waals surface area contributed by atoms with Crippen LogP contribution in [-0.4, -0.2) is 15.6 Å². The average Bonchev–Trinajstić information content (AvgIpc) is 2.75. The van der Waals surface area contributed by atoms with Gasteiger partial charge in [-0.25, -0.2) is 0 Å². The van der Waals surface area contributed by atoms with Crippen LogP contribution in [0.2, 0.25) is 10.0 Å². The number of rotatable bonds is 5. The molecular formula is C15H15BrCl2N2O. The molecule has 0 aliphatic rings. The van der Waals surface area contributed by atoms with E-state index in [0.717, 1.165) is 17.8 Å². The molecule has 6 heteroatoms. The fraction of sp³-hybridized carbons (Fsp3) is 0.333. The number of aryl methyl sites for hydroxylation is 2. The zero-order valence-corrected chi connectivity index (χ0v) is 14.9. The van der Waals surface area contributed by atoms with Crippen LogP contribution >= 0.6 is 39.1 Å². The molecule has 0 atom stereocenters. The van der Waals surface area contributed by atoms with Gasteiger partial charge in [0.1, 0.15) is 0 Å². The molecule has 3 nitrogen and oxygen atoms in total. The summed E-state index contributed by atoms with van der Waals surface area (Å²) in [4.78, 5) is 12.5. The van der Waals surface area contributed by atoms with Crippen molar-refractivity contribution in [3.05, 3.63) is 49.7 Å². The largest absolute Gasteiger partial charge is 0.294 e. The van der Waals surface area contributed by atoms with Crippen molar-refractivity contribution >= 4 is 44.9 Å². The fourth-order valence-corrected chi connectivity index (χ4v) is 3.39. The molecule has 21 heavy (non-hydrogen) atoms. The Morgan fingerprint density at radius 3 is 2.62 bits per heavy atom. The zero-order valence-electron chi connectivity index (χ0n) is 11.8. The summed E-state index contributed by atoms with van der Waals surface area (Å²) in [6.07, 6.45) is 0.970. The molecule has 112 valence electrons. The first kappa shape index (κ1) is 16.5. The first-order valence-corrected chi connectivity index (χ1v) is 8.25. The van der Waals surface area contributed by atoms with Gasteiger partial charge in [0.15, 0.2) is 5.78 Å². The summed E-state index contributed by atoms with van der Waals surface area (Å²) < 4.78 is 2.48. The molecule has 0 fully saturated rings. The van der Waals surface area contributed by atoms with Crippen molar-refractivity contribution in [3.63, 3.8) is 0 Å². The summed E-state index contributed by atoms with van der Waals surface area (Å²) in [6.45, 7) is 4.66. The van der Waals surface area contributed by atoms with E-state index in [1.807, 2.05) is 13.8 Å². The van der Waals surface area contributed by atoms with Gasteiger partial charge in [-0.2, -0.15) is 5.10 Å². The molecule has 0 aliphatic carbocycles. The molecule has 0 saturated carbocycles. The highest BCUT2D eigenvalue weighted by atomic mass is 79.9. The minimum absolute atomic E-state index is 0.0160. The van der Waals surface area contributed by atoms with Crippen molar-refractivity contribution in [2.45, 2.75) is 33.2 Å². The van der Waals surface area contributed by atoms with Gasteiger partial charge in [0.05, 0.1) is 22.8 Å². The molecular weight excluding hydrogens is 375 g/mol. The van der Waals surface area contributed by atoms with Gasteiger partial charge in [0, 0.05) is 21.6 Å². The van der Waals surface area contributed by atoms with Crippen LogP contribution in [0.1, 0.15) is 35.6 Å². The Hall–Kier alpha value is -0.840. The third kappa shape index (κ3) is 3.50. The molecule has 0 amide bonds. The van der Waals surface area contributed by atoms with Crippen molar-refractivity contribution in [1.29, 1.82) is 0 Å². The fourth-order valence-electron chi connectivity index (χ4n) is 2.15. The van der Waals surface area contributed by atoms with E-state index in [1.54, 1.807) is 22.9 Å². The number of nitrogens with zero attached hydrogens (tertiary/aromatic N) is 2. The van der Waals surface area contributed by atoms with Crippen molar-refractivity contribution < 1.29 is 4.79 Å². The summed E-state index contributed by atoms with van der Waals surface area (Å²) in [5, 5.41) is 5.61. The van der Waals surface area contributed by atoms with E-state index in [4.69, 9.17) is 23.2 Å². The lowest BCUT2D eigenvalue weighted by molar-refractivity contribution is 0.0990. The second-order valence-corrected chi connectivity index (χ2v) is 6.27. The van der Waals surface area contributed by atoms with E-state index >= 15 is 0 Å². The lowest BCUT2D eigenvalue weighted by atomic mass is 10.1. The maximum Gasteiger partial charge on any atom is 0.169 e. The average molecular weight is 390 g/mol. The zero-order chi connectivity index (χ0) is 15.6. The Kier molecular flexibility index (Phi) is 5.47. The highest BCUT2D eigenvalue weighted by Crippen LogP contribution is 2.26. The highest BCUT2D eigenvalue weighted by Gasteiger charge is 2.19. The molecule has 0 saturated heterocycles. The molecule has 2 rings (SSSR count). The third-order valence-corrected chi connectivity index (χ3v) is 4.58. The number of carbonyl (C=O) groups is 1.